The zero-order chi connectivity index (χ0) is 13.5. The first-order valence-electron chi connectivity index (χ1n) is 5.59. The van der Waals surface area contributed by atoms with Gasteiger partial charge in [-0.3, -0.25) is 24.5 Å². The normalized spacial score (nSPS) is 34.3. The summed E-state index contributed by atoms with van der Waals surface area (Å²) in [6.45, 7) is 2.83. The molecular weight excluding hydrogens is 274 g/mol. The summed E-state index contributed by atoms with van der Waals surface area (Å²) in [5.74, 6) is -1.32. The van der Waals surface area contributed by atoms with Gasteiger partial charge in [0.1, 0.15) is 4.75 Å². The molecule has 2 rings (SSSR count). The van der Waals surface area contributed by atoms with Crippen molar-refractivity contribution in [3.8, 4) is 0 Å². The Kier molecular flexibility index (Phi) is 3.55. The van der Waals surface area contributed by atoms with E-state index in [-0.39, 0.29) is 27.3 Å². The molecule has 0 spiro atoms. The van der Waals surface area contributed by atoms with E-state index in [1.165, 1.54) is 13.8 Å². The van der Waals surface area contributed by atoms with E-state index in [2.05, 4.69) is 5.32 Å². The smallest absolute Gasteiger partial charge is 0.244 e. The molecule has 1 N–H and O–H groups in total. The molecule has 5 nitrogen and oxygen atoms in total. The summed E-state index contributed by atoms with van der Waals surface area (Å²) in [6, 6.07) is 0. The third-order valence-corrected chi connectivity index (χ3v) is 5.66. The molecule has 1 aliphatic carbocycles. The van der Waals surface area contributed by atoms with Gasteiger partial charge in [-0.15, -0.1) is 0 Å². The molecule has 1 saturated heterocycles. The molecular formula is C11H13NO4S2. The topological polar surface area (TPSA) is 80.3 Å². The van der Waals surface area contributed by atoms with E-state index in [0.29, 0.717) is 12.8 Å². The summed E-state index contributed by atoms with van der Waals surface area (Å²) in [5.41, 5.74) is 0. The Labute approximate surface area is 113 Å². The van der Waals surface area contributed by atoms with Crippen LogP contribution in [0.15, 0.2) is 0 Å². The van der Waals surface area contributed by atoms with E-state index in [1.54, 1.807) is 0 Å². The number of thioether (sulfide) groups is 2. The van der Waals surface area contributed by atoms with Gasteiger partial charge in [-0.2, -0.15) is 0 Å². The lowest BCUT2D eigenvalue weighted by Crippen LogP contribution is -2.38. The van der Waals surface area contributed by atoms with Crippen molar-refractivity contribution in [2.24, 2.45) is 5.92 Å². The van der Waals surface area contributed by atoms with Crippen molar-refractivity contribution in [1.82, 2.24) is 5.32 Å². The van der Waals surface area contributed by atoms with Crippen LogP contribution in [0, 0.1) is 5.92 Å². The Morgan fingerprint density at radius 2 is 1.94 bits per heavy atom. The summed E-state index contributed by atoms with van der Waals surface area (Å²) in [4.78, 5) is 46.3. The molecule has 0 aromatic heterocycles. The highest BCUT2D eigenvalue weighted by atomic mass is 32.2. The Morgan fingerprint density at radius 3 is 2.50 bits per heavy atom. The third kappa shape index (κ3) is 2.09. The number of carbonyl (C=O) groups is 4. The van der Waals surface area contributed by atoms with Gasteiger partial charge in [0.25, 0.3) is 0 Å². The van der Waals surface area contributed by atoms with E-state index < -0.39 is 10.7 Å². The monoisotopic (exact) mass is 287 g/mol. The molecule has 0 aromatic rings. The van der Waals surface area contributed by atoms with Crippen LogP contribution < -0.4 is 5.32 Å². The van der Waals surface area contributed by atoms with Crippen LogP contribution in [-0.2, 0) is 19.2 Å². The van der Waals surface area contributed by atoms with Crippen molar-refractivity contribution in [2.75, 3.05) is 0 Å². The predicted molar refractivity (Wildman–Crippen MR) is 68.9 cm³/mol. The second-order valence-corrected chi connectivity index (χ2v) is 7.39. The molecule has 0 radical (unpaired) electrons. The summed E-state index contributed by atoms with van der Waals surface area (Å²) < 4.78 is -0.990. The Balaban J connectivity index is 2.31. The highest BCUT2D eigenvalue weighted by Crippen LogP contribution is 2.53. The fourth-order valence-corrected chi connectivity index (χ4v) is 5.18. The number of fused-ring (bicyclic) bond motifs is 1. The first-order chi connectivity index (χ1) is 8.36. The maximum atomic E-state index is 12.0. The number of nitrogens with one attached hydrogen (secondary N) is 1. The lowest BCUT2D eigenvalue weighted by atomic mass is 9.98. The largest absolute Gasteiger partial charge is 0.295 e. The van der Waals surface area contributed by atoms with E-state index in [0.717, 1.165) is 23.5 Å². The zero-order valence-corrected chi connectivity index (χ0v) is 11.7. The molecule has 18 heavy (non-hydrogen) atoms. The number of carbonyl (C=O) groups excluding carboxylic acids is 4. The van der Waals surface area contributed by atoms with Crippen LogP contribution in [0.1, 0.15) is 26.7 Å². The number of rotatable bonds is 2. The molecule has 0 aromatic carbocycles. The highest BCUT2D eigenvalue weighted by Gasteiger charge is 2.63. The Bertz CT molecular complexity index is 450. The van der Waals surface area contributed by atoms with Crippen LogP contribution in [0.25, 0.3) is 0 Å². The van der Waals surface area contributed by atoms with Crippen LogP contribution in [0.5, 0.6) is 0 Å². The standard InChI is InChI=1S/C11H13NO4S2/c1-5(13)17-7-3-4-11(18-6(2)14)8(7)9(15)12-10(11)16/h7-8H,3-4H2,1-2H3,(H,12,15,16)/t7?,8-,11+/m0/s1. The summed E-state index contributed by atoms with van der Waals surface area (Å²) in [5, 5.41) is 1.83. The van der Waals surface area contributed by atoms with Crippen LogP contribution in [0.3, 0.4) is 0 Å². The zero-order valence-electron chi connectivity index (χ0n) is 10.0. The quantitative estimate of drug-likeness (QED) is 0.754. The molecule has 0 bridgehead atoms. The van der Waals surface area contributed by atoms with Gasteiger partial charge in [-0.1, -0.05) is 23.5 Å². The van der Waals surface area contributed by atoms with Gasteiger partial charge >= 0.3 is 0 Å². The first kappa shape index (κ1) is 13.6. The third-order valence-electron chi connectivity index (χ3n) is 3.22. The lowest BCUT2D eigenvalue weighted by Gasteiger charge is -2.23. The minimum Gasteiger partial charge on any atom is -0.295 e. The van der Waals surface area contributed by atoms with E-state index in [1.807, 2.05) is 0 Å². The molecule has 2 fully saturated rings. The van der Waals surface area contributed by atoms with Crippen molar-refractivity contribution in [3.63, 3.8) is 0 Å². The maximum absolute atomic E-state index is 12.0. The second-order valence-electron chi connectivity index (χ2n) is 4.47. The van der Waals surface area contributed by atoms with Crippen LogP contribution in [-0.4, -0.2) is 32.0 Å². The maximum Gasteiger partial charge on any atom is 0.244 e. The van der Waals surface area contributed by atoms with Crippen molar-refractivity contribution < 1.29 is 19.2 Å². The molecule has 7 heteroatoms. The van der Waals surface area contributed by atoms with Gasteiger partial charge in [0.2, 0.25) is 11.8 Å². The summed E-state index contributed by atoms with van der Waals surface area (Å²) >= 11 is 2.02. The Hall–Kier alpha value is -0.820. The van der Waals surface area contributed by atoms with Crippen molar-refractivity contribution in [1.29, 1.82) is 0 Å². The Morgan fingerprint density at radius 1 is 1.28 bits per heavy atom. The van der Waals surface area contributed by atoms with Gasteiger partial charge < -0.3 is 0 Å². The van der Waals surface area contributed by atoms with Gasteiger partial charge in [0.05, 0.1) is 5.92 Å². The van der Waals surface area contributed by atoms with E-state index >= 15 is 0 Å². The van der Waals surface area contributed by atoms with Crippen molar-refractivity contribution >= 4 is 45.6 Å². The number of hydrogen-bond donors (Lipinski definition) is 1. The molecule has 98 valence electrons. The summed E-state index contributed by atoms with van der Waals surface area (Å²) in [7, 11) is 0. The fourth-order valence-electron chi connectivity index (χ4n) is 2.67. The van der Waals surface area contributed by atoms with Crippen molar-refractivity contribution in [2.45, 2.75) is 36.7 Å². The number of imide groups is 1. The second kappa shape index (κ2) is 4.70. The minimum absolute atomic E-state index is 0.0734. The van der Waals surface area contributed by atoms with Crippen LogP contribution in [0.4, 0.5) is 0 Å². The molecule has 1 heterocycles. The molecule has 2 amide bonds. The SMILES string of the molecule is CC(=O)SC1CC[C@]2(SC(C)=O)C(=O)NC(=O)[C@H]12. The lowest BCUT2D eigenvalue weighted by molar-refractivity contribution is -0.126. The van der Waals surface area contributed by atoms with E-state index in [4.69, 9.17) is 0 Å². The van der Waals surface area contributed by atoms with Crippen LogP contribution in [0.2, 0.25) is 0 Å². The predicted octanol–water partition coefficient (Wildman–Crippen LogP) is 0.720. The van der Waals surface area contributed by atoms with Gasteiger partial charge in [-0.25, -0.2) is 0 Å². The van der Waals surface area contributed by atoms with Gasteiger partial charge in [0, 0.05) is 19.1 Å². The average Bonchev–Trinajstić information content (AvgIpc) is 2.66. The van der Waals surface area contributed by atoms with E-state index in [9.17, 15) is 19.2 Å². The highest BCUT2D eigenvalue weighted by molar-refractivity contribution is 8.16. The number of amides is 2. The average molecular weight is 287 g/mol. The number of hydrogen-bond acceptors (Lipinski definition) is 6. The minimum atomic E-state index is -0.990. The van der Waals surface area contributed by atoms with Gasteiger partial charge in [0.15, 0.2) is 10.2 Å². The molecule has 1 saturated carbocycles. The summed E-state index contributed by atoms with van der Waals surface area (Å²) in [6.07, 6.45) is 1.07. The fraction of sp³-hybridized carbons (Fsp3) is 0.636. The first-order valence-corrected chi connectivity index (χ1v) is 7.28. The van der Waals surface area contributed by atoms with Gasteiger partial charge in [-0.05, 0) is 12.8 Å². The van der Waals surface area contributed by atoms with Crippen molar-refractivity contribution in [3.05, 3.63) is 0 Å². The molecule has 3 atom stereocenters. The van der Waals surface area contributed by atoms with Crippen LogP contribution >= 0.6 is 23.5 Å². The molecule has 2 aliphatic rings. The molecule has 1 unspecified atom stereocenters. The molecule has 1 aliphatic heterocycles.